The molecule has 0 spiro atoms. The highest BCUT2D eigenvalue weighted by molar-refractivity contribution is 7.91. The van der Waals surface area contributed by atoms with Gasteiger partial charge in [0.1, 0.15) is 17.2 Å². The SMILES string of the molecule is COc1cc(OC)c(/C=N\NC(=O)C[C@H]2CCS(=O)(=O)C2)c(OC)c1. The predicted molar refractivity (Wildman–Crippen MR) is 93.2 cm³/mol. The highest BCUT2D eigenvalue weighted by Crippen LogP contribution is 2.32. The third-order valence-electron chi connectivity index (χ3n) is 3.94. The molecule has 8 nitrogen and oxygen atoms in total. The van der Waals surface area contributed by atoms with Gasteiger partial charge >= 0.3 is 0 Å². The molecule has 1 amide bonds. The van der Waals surface area contributed by atoms with Crippen LogP contribution in [0.25, 0.3) is 0 Å². The molecule has 0 unspecified atom stereocenters. The highest BCUT2D eigenvalue weighted by atomic mass is 32.2. The number of rotatable bonds is 7. The van der Waals surface area contributed by atoms with Crippen LogP contribution in [0.3, 0.4) is 0 Å². The van der Waals surface area contributed by atoms with Gasteiger partial charge in [0.05, 0.1) is 44.6 Å². The van der Waals surface area contributed by atoms with Crippen LogP contribution in [0.5, 0.6) is 17.2 Å². The summed E-state index contributed by atoms with van der Waals surface area (Å²) in [4.78, 5) is 11.9. The van der Waals surface area contributed by atoms with Crippen molar-refractivity contribution in [2.24, 2.45) is 11.0 Å². The summed E-state index contributed by atoms with van der Waals surface area (Å²) in [6.45, 7) is 0. The van der Waals surface area contributed by atoms with Crippen LogP contribution in [0, 0.1) is 5.92 Å². The van der Waals surface area contributed by atoms with Crippen molar-refractivity contribution in [3.05, 3.63) is 17.7 Å². The molecule has 1 aliphatic rings. The van der Waals surface area contributed by atoms with Crippen molar-refractivity contribution in [3.63, 3.8) is 0 Å². The Hall–Kier alpha value is -2.29. The molecule has 0 radical (unpaired) electrons. The molecule has 0 saturated carbocycles. The van der Waals surface area contributed by atoms with E-state index in [1.54, 1.807) is 12.1 Å². The van der Waals surface area contributed by atoms with E-state index in [9.17, 15) is 13.2 Å². The van der Waals surface area contributed by atoms with Gasteiger partial charge in [-0.2, -0.15) is 5.10 Å². The summed E-state index contributed by atoms with van der Waals surface area (Å²) in [7, 11) is 1.55. The molecule has 1 atom stereocenters. The number of hydrazone groups is 1. The first-order valence-corrected chi connectivity index (χ1v) is 9.53. The van der Waals surface area contributed by atoms with Crippen LogP contribution in [0.4, 0.5) is 0 Å². The quantitative estimate of drug-likeness (QED) is 0.567. The summed E-state index contributed by atoms with van der Waals surface area (Å²) in [5.74, 6) is 1.26. The first kappa shape index (κ1) is 19.0. The molecular weight excluding hydrogens is 348 g/mol. The molecule has 0 bridgehead atoms. The van der Waals surface area contributed by atoms with E-state index in [-0.39, 0.29) is 29.8 Å². The van der Waals surface area contributed by atoms with Gasteiger partial charge in [0.15, 0.2) is 9.84 Å². The second-order valence-electron chi connectivity index (χ2n) is 5.71. The van der Waals surface area contributed by atoms with Crippen molar-refractivity contribution in [1.82, 2.24) is 5.43 Å². The van der Waals surface area contributed by atoms with Gasteiger partial charge in [0, 0.05) is 18.6 Å². The van der Waals surface area contributed by atoms with Crippen LogP contribution in [0.2, 0.25) is 0 Å². The molecule has 1 fully saturated rings. The second-order valence-corrected chi connectivity index (χ2v) is 7.94. The summed E-state index contributed by atoms with van der Waals surface area (Å²) in [6, 6.07) is 3.35. The van der Waals surface area contributed by atoms with Crippen molar-refractivity contribution in [1.29, 1.82) is 0 Å². The van der Waals surface area contributed by atoms with E-state index in [1.807, 2.05) is 0 Å². The highest BCUT2D eigenvalue weighted by Gasteiger charge is 2.29. The van der Waals surface area contributed by atoms with Crippen LogP contribution < -0.4 is 19.6 Å². The van der Waals surface area contributed by atoms with E-state index >= 15 is 0 Å². The molecule has 2 rings (SSSR count). The Bertz CT molecular complexity index is 735. The zero-order chi connectivity index (χ0) is 18.4. The van der Waals surface area contributed by atoms with Crippen LogP contribution in [-0.4, -0.2) is 53.4 Å². The molecule has 1 N–H and O–H groups in total. The minimum absolute atomic E-state index is 0.0598. The van der Waals surface area contributed by atoms with E-state index in [2.05, 4.69) is 10.5 Å². The number of benzene rings is 1. The van der Waals surface area contributed by atoms with Gasteiger partial charge in [-0.15, -0.1) is 0 Å². The normalized spacial score (nSPS) is 18.9. The van der Waals surface area contributed by atoms with Crippen molar-refractivity contribution < 1.29 is 27.4 Å². The number of hydrogen-bond donors (Lipinski definition) is 1. The van der Waals surface area contributed by atoms with Gasteiger partial charge in [0.25, 0.3) is 0 Å². The number of sulfone groups is 1. The summed E-state index contributed by atoms with van der Waals surface area (Å²) in [6.07, 6.45) is 2.06. The monoisotopic (exact) mass is 370 g/mol. The average molecular weight is 370 g/mol. The van der Waals surface area contributed by atoms with E-state index in [0.29, 0.717) is 29.2 Å². The maximum absolute atomic E-state index is 11.9. The number of hydrogen-bond acceptors (Lipinski definition) is 7. The first-order chi connectivity index (χ1) is 11.9. The van der Waals surface area contributed by atoms with Crippen LogP contribution in [0.15, 0.2) is 17.2 Å². The Morgan fingerprint density at radius 1 is 1.24 bits per heavy atom. The number of amides is 1. The predicted octanol–water partition coefficient (Wildman–Crippen LogP) is 0.987. The minimum atomic E-state index is -2.99. The van der Waals surface area contributed by atoms with Gasteiger partial charge in [-0.25, -0.2) is 13.8 Å². The third kappa shape index (κ3) is 5.09. The van der Waals surface area contributed by atoms with E-state index in [0.717, 1.165) is 0 Å². The molecule has 138 valence electrons. The topological polar surface area (TPSA) is 103 Å². The molecular formula is C16H22N2O6S. The van der Waals surface area contributed by atoms with Crippen LogP contribution >= 0.6 is 0 Å². The molecule has 1 heterocycles. The average Bonchev–Trinajstić information content (AvgIpc) is 2.92. The van der Waals surface area contributed by atoms with Gasteiger partial charge in [-0.1, -0.05) is 0 Å². The van der Waals surface area contributed by atoms with Crippen LogP contribution in [0.1, 0.15) is 18.4 Å². The Kier molecular flexibility index (Phi) is 6.24. The molecule has 1 saturated heterocycles. The molecule has 0 aliphatic carbocycles. The number of carbonyl (C=O) groups is 1. The fourth-order valence-corrected chi connectivity index (χ4v) is 4.53. The van der Waals surface area contributed by atoms with Gasteiger partial charge < -0.3 is 14.2 Å². The number of carbonyl (C=O) groups excluding carboxylic acids is 1. The molecule has 1 aromatic carbocycles. The number of nitrogens with one attached hydrogen (secondary N) is 1. The molecule has 1 aliphatic heterocycles. The lowest BCUT2D eigenvalue weighted by atomic mass is 10.1. The summed E-state index contributed by atoms with van der Waals surface area (Å²) in [5, 5.41) is 3.92. The van der Waals surface area contributed by atoms with Crippen molar-refractivity contribution in [2.45, 2.75) is 12.8 Å². The lowest BCUT2D eigenvalue weighted by molar-refractivity contribution is -0.121. The standard InChI is InChI=1S/C16H22N2O6S/c1-22-12-7-14(23-2)13(15(8-12)24-3)9-17-18-16(19)6-11-4-5-25(20,21)10-11/h7-9,11H,4-6,10H2,1-3H3,(H,18,19)/b17-9-/t11-/m1/s1. The molecule has 1 aromatic rings. The first-order valence-electron chi connectivity index (χ1n) is 7.71. The fourth-order valence-electron chi connectivity index (χ4n) is 2.67. The fraction of sp³-hybridized carbons (Fsp3) is 0.500. The molecule has 9 heteroatoms. The molecule has 0 aromatic heterocycles. The zero-order valence-electron chi connectivity index (χ0n) is 14.4. The van der Waals surface area contributed by atoms with Gasteiger partial charge in [-0.05, 0) is 12.3 Å². The Balaban J connectivity index is 2.03. The summed E-state index contributed by atoms with van der Waals surface area (Å²) < 4.78 is 38.6. The minimum Gasteiger partial charge on any atom is -0.496 e. The van der Waals surface area contributed by atoms with Crippen LogP contribution in [-0.2, 0) is 14.6 Å². The third-order valence-corrected chi connectivity index (χ3v) is 5.77. The second kappa shape index (κ2) is 8.19. The number of methoxy groups -OCH3 is 3. The van der Waals surface area contributed by atoms with E-state index in [4.69, 9.17) is 14.2 Å². The number of nitrogens with zero attached hydrogens (tertiary/aromatic N) is 1. The Morgan fingerprint density at radius 2 is 1.88 bits per heavy atom. The maximum atomic E-state index is 11.9. The lowest BCUT2D eigenvalue weighted by Crippen LogP contribution is -2.21. The van der Waals surface area contributed by atoms with Crippen molar-refractivity contribution >= 4 is 22.0 Å². The Labute approximate surface area is 147 Å². The van der Waals surface area contributed by atoms with E-state index in [1.165, 1.54) is 27.5 Å². The van der Waals surface area contributed by atoms with E-state index < -0.39 is 9.84 Å². The van der Waals surface area contributed by atoms with Crippen molar-refractivity contribution in [2.75, 3.05) is 32.8 Å². The largest absolute Gasteiger partial charge is 0.496 e. The number of ether oxygens (including phenoxy) is 3. The maximum Gasteiger partial charge on any atom is 0.240 e. The Morgan fingerprint density at radius 3 is 2.36 bits per heavy atom. The zero-order valence-corrected chi connectivity index (χ0v) is 15.3. The van der Waals surface area contributed by atoms with Gasteiger partial charge in [-0.3, -0.25) is 4.79 Å². The summed E-state index contributed by atoms with van der Waals surface area (Å²) >= 11 is 0. The van der Waals surface area contributed by atoms with Crippen molar-refractivity contribution in [3.8, 4) is 17.2 Å². The summed E-state index contributed by atoms with van der Waals surface area (Å²) in [5.41, 5.74) is 2.96. The molecule has 25 heavy (non-hydrogen) atoms. The van der Waals surface area contributed by atoms with Gasteiger partial charge in [0.2, 0.25) is 5.91 Å². The smallest absolute Gasteiger partial charge is 0.240 e. The lowest BCUT2D eigenvalue weighted by Gasteiger charge is -2.12.